The molecule has 0 radical (unpaired) electrons. The third-order valence-corrected chi connectivity index (χ3v) is 4.88. The van der Waals surface area contributed by atoms with Crippen LogP contribution in [0, 0.1) is 0 Å². The summed E-state index contributed by atoms with van der Waals surface area (Å²) in [5.74, 6) is 1.82. The van der Waals surface area contributed by atoms with Gasteiger partial charge in [0.15, 0.2) is 0 Å². The number of nitrogens with zero attached hydrogens (tertiary/aromatic N) is 3. The van der Waals surface area contributed by atoms with Gasteiger partial charge in [-0.1, -0.05) is 12.1 Å². The minimum Gasteiger partial charge on any atom is -0.497 e. The van der Waals surface area contributed by atoms with E-state index >= 15 is 0 Å². The first-order valence-corrected chi connectivity index (χ1v) is 8.77. The van der Waals surface area contributed by atoms with Crippen molar-refractivity contribution in [2.24, 2.45) is 0 Å². The lowest BCUT2D eigenvalue weighted by atomic mass is 10.1. The summed E-state index contributed by atoms with van der Waals surface area (Å²) < 4.78 is 10.5. The summed E-state index contributed by atoms with van der Waals surface area (Å²) >= 11 is 1.64. The maximum atomic E-state index is 5.25. The van der Waals surface area contributed by atoms with Gasteiger partial charge in [0.05, 0.1) is 19.1 Å². The van der Waals surface area contributed by atoms with E-state index in [1.54, 1.807) is 31.9 Å². The predicted octanol–water partition coefficient (Wildman–Crippen LogP) is 3.84. The van der Waals surface area contributed by atoms with E-state index in [0.717, 1.165) is 46.0 Å². The summed E-state index contributed by atoms with van der Waals surface area (Å²) in [4.78, 5) is 12.2. The molecule has 24 heavy (non-hydrogen) atoms. The number of aromatic nitrogens is 2. The second-order valence-corrected chi connectivity index (χ2v) is 6.19. The van der Waals surface area contributed by atoms with Crippen LogP contribution in [-0.4, -0.2) is 43.9 Å². The molecule has 2 heterocycles. The largest absolute Gasteiger partial charge is 0.497 e. The Bertz CT molecular complexity index is 802. The molecule has 6 heteroatoms. The van der Waals surface area contributed by atoms with E-state index in [2.05, 4.69) is 39.3 Å². The van der Waals surface area contributed by atoms with E-state index in [4.69, 9.17) is 9.47 Å². The van der Waals surface area contributed by atoms with Gasteiger partial charge in [-0.2, -0.15) is 0 Å². The lowest BCUT2D eigenvalue weighted by Gasteiger charge is -2.22. The Kier molecular flexibility index (Phi) is 5.27. The van der Waals surface area contributed by atoms with Gasteiger partial charge in [0.25, 0.3) is 0 Å². The Balaban J connectivity index is 2.08. The van der Waals surface area contributed by atoms with Crippen LogP contribution in [-0.2, 0) is 4.74 Å². The number of anilines is 1. The van der Waals surface area contributed by atoms with Crippen molar-refractivity contribution in [1.29, 1.82) is 0 Å². The van der Waals surface area contributed by atoms with E-state index < -0.39 is 0 Å². The fourth-order valence-corrected chi connectivity index (χ4v) is 3.61. The number of likely N-dealkylation sites (N-methyl/N-ethyl adjacent to an activating group) is 1. The number of thiophene rings is 1. The van der Waals surface area contributed by atoms with Crippen molar-refractivity contribution < 1.29 is 9.47 Å². The molecule has 0 aliphatic carbocycles. The van der Waals surface area contributed by atoms with Gasteiger partial charge in [0.2, 0.25) is 0 Å². The molecule has 0 bridgehead atoms. The Morgan fingerprint density at radius 2 is 1.92 bits per heavy atom. The molecule has 0 aliphatic heterocycles. The topological polar surface area (TPSA) is 47.5 Å². The summed E-state index contributed by atoms with van der Waals surface area (Å²) in [5.41, 5.74) is 2.30. The maximum Gasteiger partial charge on any atom is 0.141 e. The normalized spacial score (nSPS) is 11.0. The molecule has 126 valence electrons. The van der Waals surface area contributed by atoms with Crippen molar-refractivity contribution in [3.63, 3.8) is 0 Å². The summed E-state index contributed by atoms with van der Waals surface area (Å²) in [6.45, 7) is 4.47. The molecule has 0 saturated heterocycles. The fourth-order valence-electron chi connectivity index (χ4n) is 2.70. The predicted molar refractivity (Wildman–Crippen MR) is 99.2 cm³/mol. The molecule has 0 aliphatic rings. The SMILES string of the molecule is CCN(CCOC)c1ncnc2scc(-c3ccc(OC)cc3)c12. The maximum absolute atomic E-state index is 5.25. The standard InChI is InChI=1S/C18H21N3O2S/c1-4-21(9-10-22-2)17-16-15(11-24-18(16)20-12-19-17)13-5-7-14(23-3)8-6-13/h5-8,11-12H,4,9-10H2,1-3H3. The molecule has 2 aromatic heterocycles. The lowest BCUT2D eigenvalue weighted by Crippen LogP contribution is -2.27. The van der Waals surface area contributed by atoms with Crippen molar-refractivity contribution in [2.45, 2.75) is 6.92 Å². The number of rotatable bonds is 7. The van der Waals surface area contributed by atoms with Crippen molar-refractivity contribution >= 4 is 27.4 Å². The number of hydrogen-bond acceptors (Lipinski definition) is 6. The van der Waals surface area contributed by atoms with Crippen molar-refractivity contribution in [3.05, 3.63) is 36.0 Å². The number of ether oxygens (including phenoxy) is 2. The van der Waals surface area contributed by atoms with E-state index in [1.807, 2.05) is 12.1 Å². The Morgan fingerprint density at radius 3 is 2.58 bits per heavy atom. The Hall–Kier alpha value is -2.18. The van der Waals surface area contributed by atoms with Crippen LogP contribution in [0.5, 0.6) is 5.75 Å². The average molecular weight is 343 g/mol. The minimum absolute atomic E-state index is 0.668. The van der Waals surface area contributed by atoms with Crippen molar-refractivity contribution in [3.8, 4) is 16.9 Å². The van der Waals surface area contributed by atoms with E-state index in [0.29, 0.717) is 6.61 Å². The molecule has 5 nitrogen and oxygen atoms in total. The van der Waals surface area contributed by atoms with Crippen molar-refractivity contribution in [2.75, 3.05) is 38.8 Å². The van der Waals surface area contributed by atoms with Crippen LogP contribution in [0.25, 0.3) is 21.3 Å². The van der Waals surface area contributed by atoms with Crippen LogP contribution in [0.4, 0.5) is 5.82 Å². The molecule has 0 atom stereocenters. The smallest absolute Gasteiger partial charge is 0.141 e. The molecular weight excluding hydrogens is 322 g/mol. The molecule has 0 saturated carbocycles. The highest BCUT2D eigenvalue weighted by Crippen LogP contribution is 2.38. The first-order valence-electron chi connectivity index (χ1n) is 7.89. The minimum atomic E-state index is 0.668. The molecule has 0 unspecified atom stereocenters. The average Bonchev–Trinajstić information content (AvgIpc) is 3.07. The zero-order valence-corrected chi connectivity index (χ0v) is 15.0. The van der Waals surface area contributed by atoms with E-state index in [1.165, 1.54) is 0 Å². The quantitative estimate of drug-likeness (QED) is 0.652. The second kappa shape index (κ2) is 7.59. The van der Waals surface area contributed by atoms with Gasteiger partial charge in [-0.05, 0) is 24.6 Å². The van der Waals surface area contributed by atoms with E-state index in [-0.39, 0.29) is 0 Å². The van der Waals surface area contributed by atoms with Crippen molar-refractivity contribution in [1.82, 2.24) is 9.97 Å². The van der Waals surface area contributed by atoms with Crippen LogP contribution in [0.3, 0.4) is 0 Å². The molecule has 0 N–H and O–H groups in total. The van der Waals surface area contributed by atoms with Gasteiger partial charge in [0.1, 0.15) is 22.7 Å². The van der Waals surface area contributed by atoms with Gasteiger partial charge in [0, 0.05) is 31.1 Å². The molecular formula is C18H21N3O2S. The van der Waals surface area contributed by atoms with E-state index in [9.17, 15) is 0 Å². The van der Waals surface area contributed by atoms with Gasteiger partial charge in [-0.15, -0.1) is 11.3 Å². The molecule has 0 spiro atoms. The van der Waals surface area contributed by atoms with Gasteiger partial charge < -0.3 is 14.4 Å². The number of hydrogen-bond donors (Lipinski definition) is 0. The number of methoxy groups -OCH3 is 2. The highest BCUT2D eigenvalue weighted by molar-refractivity contribution is 7.17. The Morgan fingerprint density at radius 1 is 1.12 bits per heavy atom. The highest BCUT2D eigenvalue weighted by atomic mass is 32.1. The summed E-state index contributed by atoms with van der Waals surface area (Å²) in [6.07, 6.45) is 1.64. The summed E-state index contributed by atoms with van der Waals surface area (Å²) in [6, 6.07) is 8.10. The van der Waals surface area contributed by atoms with Crippen LogP contribution in [0.1, 0.15) is 6.92 Å². The number of fused-ring (bicyclic) bond motifs is 1. The number of benzene rings is 1. The highest BCUT2D eigenvalue weighted by Gasteiger charge is 2.17. The molecule has 3 rings (SSSR count). The monoisotopic (exact) mass is 343 g/mol. The third kappa shape index (κ3) is 3.20. The summed E-state index contributed by atoms with van der Waals surface area (Å²) in [7, 11) is 3.40. The fraction of sp³-hybridized carbons (Fsp3) is 0.333. The molecule has 0 amide bonds. The van der Waals surface area contributed by atoms with Gasteiger partial charge in [-0.25, -0.2) is 9.97 Å². The molecule has 1 aromatic carbocycles. The third-order valence-electron chi connectivity index (χ3n) is 4.00. The first-order chi connectivity index (χ1) is 11.8. The summed E-state index contributed by atoms with van der Waals surface area (Å²) in [5, 5.41) is 3.25. The zero-order valence-electron chi connectivity index (χ0n) is 14.2. The second-order valence-electron chi connectivity index (χ2n) is 5.33. The molecule has 0 fully saturated rings. The molecule has 3 aromatic rings. The van der Waals surface area contributed by atoms with Crippen LogP contribution in [0.2, 0.25) is 0 Å². The van der Waals surface area contributed by atoms with Crippen LogP contribution in [0.15, 0.2) is 36.0 Å². The zero-order chi connectivity index (χ0) is 16.9. The van der Waals surface area contributed by atoms with Crippen LogP contribution >= 0.6 is 11.3 Å². The Labute approximate surface area is 145 Å². The van der Waals surface area contributed by atoms with Gasteiger partial charge in [-0.3, -0.25) is 0 Å². The van der Waals surface area contributed by atoms with Gasteiger partial charge >= 0.3 is 0 Å². The van der Waals surface area contributed by atoms with Crippen LogP contribution < -0.4 is 9.64 Å². The first kappa shape index (κ1) is 16.7. The lowest BCUT2D eigenvalue weighted by molar-refractivity contribution is 0.205.